The average Bonchev–Trinajstić information content (AvgIpc) is 3.35. The molecule has 3 aliphatic rings. The maximum atomic E-state index is 11.4. The Morgan fingerprint density at radius 1 is 1.19 bits per heavy atom. The number of amides is 1. The number of carbonyl (C=O) groups excluding carboxylic acids is 1. The molecular weight excluding hydrogens is 404 g/mol. The van der Waals surface area contributed by atoms with Gasteiger partial charge in [0.1, 0.15) is 17.6 Å². The number of ether oxygens (including phenoxy) is 2. The Morgan fingerprint density at radius 2 is 2.06 bits per heavy atom. The van der Waals surface area contributed by atoms with E-state index in [-0.39, 0.29) is 17.9 Å². The monoisotopic (exact) mass is 432 g/mol. The Hall–Kier alpha value is -3.19. The Balaban J connectivity index is 1.19. The number of nitrogens with zero attached hydrogens (tertiary/aromatic N) is 3. The van der Waals surface area contributed by atoms with Crippen LogP contribution in [0.4, 0.5) is 0 Å². The van der Waals surface area contributed by atoms with E-state index in [1.54, 1.807) is 0 Å². The third-order valence-electron chi connectivity index (χ3n) is 6.49. The lowest BCUT2D eigenvalue weighted by molar-refractivity contribution is -0.123. The molecule has 0 aliphatic carbocycles. The number of hydrogen-bond acceptors (Lipinski definition) is 6. The van der Waals surface area contributed by atoms with Crippen LogP contribution in [0.3, 0.4) is 0 Å². The van der Waals surface area contributed by atoms with Crippen molar-refractivity contribution in [1.82, 2.24) is 9.88 Å². The summed E-state index contributed by atoms with van der Waals surface area (Å²) in [5.41, 5.74) is 8.88. The van der Waals surface area contributed by atoms with Crippen molar-refractivity contribution in [2.75, 3.05) is 26.2 Å². The van der Waals surface area contributed by atoms with E-state index in [0.717, 1.165) is 68.0 Å². The number of fused-ring (bicyclic) bond motifs is 1. The van der Waals surface area contributed by atoms with Crippen LogP contribution in [0.25, 0.3) is 5.57 Å². The van der Waals surface area contributed by atoms with Crippen molar-refractivity contribution >= 4 is 17.7 Å². The molecule has 7 nitrogen and oxygen atoms in total. The predicted octanol–water partition coefficient (Wildman–Crippen LogP) is 3.23. The van der Waals surface area contributed by atoms with E-state index in [1.165, 1.54) is 5.56 Å². The molecule has 32 heavy (non-hydrogen) atoms. The molecule has 166 valence electrons. The summed E-state index contributed by atoms with van der Waals surface area (Å²) < 4.78 is 12.3. The van der Waals surface area contributed by atoms with Gasteiger partial charge in [0.2, 0.25) is 11.8 Å². The fourth-order valence-corrected chi connectivity index (χ4v) is 4.57. The number of primary amides is 1. The van der Waals surface area contributed by atoms with Crippen LogP contribution < -0.4 is 15.2 Å². The molecule has 0 spiro atoms. The van der Waals surface area contributed by atoms with Crippen molar-refractivity contribution in [1.29, 1.82) is 0 Å². The highest BCUT2D eigenvalue weighted by Crippen LogP contribution is 2.33. The molecule has 1 amide bonds. The van der Waals surface area contributed by atoms with Crippen LogP contribution in [0.1, 0.15) is 30.4 Å². The topological polar surface area (TPSA) is 90.0 Å². The molecule has 1 fully saturated rings. The molecule has 1 unspecified atom stereocenters. The third-order valence-corrected chi connectivity index (χ3v) is 6.49. The maximum Gasteiger partial charge on any atom is 0.220 e. The standard InChI is InChI=1S/C25H28N4O3/c26-25(30)18-8-11-29(12-9-18)16-22-5-2-17-1-4-21(13-23(17)31-22)32-24-6-3-19(15-28-24)20-7-10-27-14-20/h1,3-4,6-7,10,13,15,18,22H,2,5,8-9,11-12,14,16H2,(H2,26,30). The first-order valence-electron chi connectivity index (χ1n) is 11.3. The summed E-state index contributed by atoms with van der Waals surface area (Å²) in [6.07, 6.45) is 9.45. The lowest BCUT2D eigenvalue weighted by atomic mass is 9.95. The highest BCUT2D eigenvalue weighted by Gasteiger charge is 2.27. The van der Waals surface area contributed by atoms with E-state index in [4.69, 9.17) is 15.2 Å². The van der Waals surface area contributed by atoms with Crippen LogP contribution in [0.2, 0.25) is 0 Å². The SMILES string of the molecule is NC(=O)C1CCN(CC2CCc3ccc(Oc4ccc(C5=CC=NC5)cn4)cc3O2)CC1. The first-order chi connectivity index (χ1) is 15.6. The zero-order valence-corrected chi connectivity index (χ0v) is 18.1. The molecule has 0 bridgehead atoms. The Labute approximate surface area is 187 Å². The van der Waals surface area contributed by atoms with Gasteiger partial charge < -0.3 is 15.2 Å². The molecule has 4 heterocycles. The molecule has 0 saturated carbocycles. The number of aromatic nitrogens is 1. The Bertz CT molecular complexity index is 1040. The number of benzene rings is 1. The number of carbonyl (C=O) groups is 1. The summed E-state index contributed by atoms with van der Waals surface area (Å²) in [5, 5.41) is 0. The predicted molar refractivity (Wildman–Crippen MR) is 123 cm³/mol. The van der Waals surface area contributed by atoms with Crippen LogP contribution in [-0.4, -0.2) is 54.3 Å². The van der Waals surface area contributed by atoms with E-state index in [9.17, 15) is 4.79 Å². The number of nitrogens with two attached hydrogens (primary N) is 1. The normalized spacial score (nSPS) is 21.0. The lowest BCUT2D eigenvalue weighted by Crippen LogP contribution is -2.43. The fraction of sp³-hybridized carbons (Fsp3) is 0.400. The lowest BCUT2D eigenvalue weighted by Gasteiger charge is -2.35. The number of piperidine rings is 1. The van der Waals surface area contributed by atoms with Gasteiger partial charge in [-0.3, -0.25) is 14.7 Å². The second kappa shape index (κ2) is 9.12. The quantitative estimate of drug-likeness (QED) is 0.757. The molecule has 2 aromatic rings. The summed E-state index contributed by atoms with van der Waals surface area (Å²) in [4.78, 5) is 22.4. The summed E-state index contributed by atoms with van der Waals surface area (Å²) in [7, 11) is 0. The molecule has 1 saturated heterocycles. The van der Waals surface area contributed by atoms with Crippen LogP contribution in [-0.2, 0) is 11.2 Å². The van der Waals surface area contributed by atoms with E-state index in [2.05, 4.69) is 20.9 Å². The van der Waals surface area contributed by atoms with Gasteiger partial charge in [-0.25, -0.2) is 4.98 Å². The van der Waals surface area contributed by atoms with Crippen molar-refractivity contribution in [3.8, 4) is 17.4 Å². The Kier molecular flexibility index (Phi) is 5.90. The van der Waals surface area contributed by atoms with Gasteiger partial charge in [0.05, 0.1) is 6.54 Å². The van der Waals surface area contributed by atoms with E-state index >= 15 is 0 Å². The van der Waals surface area contributed by atoms with Crippen molar-refractivity contribution in [3.05, 3.63) is 53.7 Å². The number of rotatable bonds is 6. The van der Waals surface area contributed by atoms with E-state index in [1.807, 2.05) is 42.8 Å². The third kappa shape index (κ3) is 4.67. The molecular formula is C25H28N4O3. The van der Waals surface area contributed by atoms with Crippen LogP contribution in [0, 0.1) is 5.92 Å². The number of aliphatic imine (C=N–C) groups is 1. The smallest absolute Gasteiger partial charge is 0.220 e. The summed E-state index contributed by atoms with van der Waals surface area (Å²) >= 11 is 0. The van der Waals surface area contributed by atoms with Gasteiger partial charge in [0.25, 0.3) is 0 Å². The van der Waals surface area contributed by atoms with Gasteiger partial charge in [0.15, 0.2) is 0 Å². The minimum Gasteiger partial charge on any atom is -0.489 e. The first-order valence-corrected chi connectivity index (χ1v) is 11.3. The van der Waals surface area contributed by atoms with Crippen LogP contribution >= 0.6 is 0 Å². The number of hydrogen-bond donors (Lipinski definition) is 1. The Morgan fingerprint density at radius 3 is 2.78 bits per heavy atom. The summed E-state index contributed by atoms with van der Waals surface area (Å²) in [5.74, 6) is 2.00. The van der Waals surface area contributed by atoms with Crippen molar-refractivity contribution in [2.24, 2.45) is 16.6 Å². The first kappa shape index (κ1) is 20.7. The van der Waals surface area contributed by atoms with Crippen molar-refractivity contribution in [2.45, 2.75) is 31.8 Å². The highest BCUT2D eigenvalue weighted by molar-refractivity contribution is 5.89. The molecule has 3 aliphatic heterocycles. The molecule has 7 heteroatoms. The second-order valence-electron chi connectivity index (χ2n) is 8.69. The molecule has 2 N–H and O–H groups in total. The molecule has 1 atom stereocenters. The summed E-state index contributed by atoms with van der Waals surface area (Å²) in [6, 6.07) is 9.90. The number of allylic oxidation sites excluding steroid dienone is 1. The molecule has 1 aromatic heterocycles. The summed E-state index contributed by atoms with van der Waals surface area (Å²) in [6.45, 7) is 3.37. The minimum atomic E-state index is -0.172. The van der Waals surface area contributed by atoms with Crippen LogP contribution in [0.15, 0.2) is 47.6 Å². The number of aryl methyl sites for hydroxylation is 1. The van der Waals surface area contributed by atoms with Crippen molar-refractivity contribution < 1.29 is 14.3 Å². The molecule has 0 radical (unpaired) electrons. The van der Waals surface area contributed by atoms with Gasteiger partial charge in [-0.1, -0.05) is 6.07 Å². The molecule has 5 rings (SSSR count). The van der Waals surface area contributed by atoms with Gasteiger partial charge in [0, 0.05) is 37.0 Å². The van der Waals surface area contributed by atoms with Gasteiger partial charge in [-0.2, -0.15) is 0 Å². The highest BCUT2D eigenvalue weighted by atomic mass is 16.5. The van der Waals surface area contributed by atoms with Crippen molar-refractivity contribution in [3.63, 3.8) is 0 Å². The van der Waals surface area contributed by atoms with Gasteiger partial charge in [-0.05, 0) is 73.7 Å². The van der Waals surface area contributed by atoms with Gasteiger partial charge in [-0.15, -0.1) is 0 Å². The van der Waals surface area contributed by atoms with E-state index in [0.29, 0.717) is 12.4 Å². The average molecular weight is 433 g/mol. The zero-order chi connectivity index (χ0) is 21.9. The van der Waals surface area contributed by atoms with Gasteiger partial charge >= 0.3 is 0 Å². The zero-order valence-electron chi connectivity index (χ0n) is 18.1. The van der Waals surface area contributed by atoms with Crippen LogP contribution in [0.5, 0.6) is 17.4 Å². The fourth-order valence-electron chi connectivity index (χ4n) is 4.57. The largest absolute Gasteiger partial charge is 0.489 e. The molecule has 1 aromatic carbocycles. The second-order valence-corrected chi connectivity index (χ2v) is 8.69. The number of pyridine rings is 1. The number of likely N-dealkylation sites (tertiary alicyclic amines) is 1. The minimum absolute atomic E-state index is 0.0184. The van der Waals surface area contributed by atoms with E-state index < -0.39 is 0 Å². The maximum absolute atomic E-state index is 11.4.